The van der Waals surface area contributed by atoms with Crippen LogP contribution in [0, 0.1) is 0 Å². The third-order valence-electron chi connectivity index (χ3n) is 11.2. The van der Waals surface area contributed by atoms with Crippen molar-refractivity contribution >= 4 is 53.4 Å². The fraction of sp³-hybridized carbons (Fsp3) is 0. The number of aromatic nitrogens is 6. The first-order chi connectivity index (χ1) is 30.7. The molecule has 7 nitrogen and oxygen atoms in total. The Balaban J connectivity index is 1.03. The zero-order valence-electron chi connectivity index (χ0n) is 33.0. The lowest BCUT2D eigenvalue weighted by Crippen LogP contribution is -2.00. The van der Waals surface area contributed by atoms with Crippen molar-refractivity contribution in [3.63, 3.8) is 0 Å². The molecular formula is C54H32N6OS. The minimum absolute atomic E-state index is 0.582. The second kappa shape index (κ2) is 14.8. The molecule has 0 fully saturated rings. The highest BCUT2D eigenvalue weighted by Gasteiger charge is 2.21. The summed E-state index contributed by atoms with van der Waals surface area (Å²) < 4.78 is 8.83. The smallest absolute Gasteiger partial charge is 0.165 e. The molecule has 0 unspecified atom stereocenters. The summed E-state index contributed by atoms with van der Waals surface area (Å²) >= 11 is 1.76. The van der Waals surface area contributed by atoms with E-state index in [-0.39, 0.29) is 0 Å². The lowest BCUT2D eigenvalue weighted by Gasteiger charge is -2.10. The maximum absolute atomic E-state index is 6.54. The Morgan fingerprint density at radius 1 is 0.306 bits per heavy atom. The molecule has 0 aliphatic rings. The van der Waals surface area contributed by atoms with E-state index in [4.69, 9.17) is 34.3 Å². The fourth-order valence-corrected chi connectivity index (χ4v) is 9.54. The van der Waals surface area contributed by atoms with Gasteiger partial charge in [-0.1, -0.05) is 164 Å². The van der Waals surface area contributed by atoms with Crippen molar-refractivity contribution < 1.29 is 4.42 Å². The van der Waals surface area contributed by atoms with Crippen LogP contribution >= 0.6 is 11.3 Å². The summed E-state index contributed by atoms with van der Waals surface area (Å²) in [5.41, 5.74) is 9.32. The largest absolute Gasteiger partial charge is 0.456 e. The molecule has 0 saturated heterocycles. The molecule has 12 rings (SSSR count). The van der Waals surface area contributed by atoms with Gasteiger partial charge in [0.15, 0.2) is 34.9 Å². The molecule has 8 aromatic carbocycles. The first-order valence-electron chi connectivity index (χ1n) is 20.4. The Morgan fingerprint density at radius 3 is 1.34 bits per heavy atom. The molecule has 0 saturated carbocycles. The van der Waals surface area contributed by atoms with Gasteiger partial charge in [0.05, 0.1) is 0 Å². The Hall–Kier alpha value is -8.20. The van der Waals surface area contributed by atoms with E-state index in [1.54, 1.807) is 11.3 Å². The normalized spacial score (nSPS) is 11.5. The zero-order valence-corrected chi connectivity index (χ0v) is 33.8. The molecule has 0 aliphatic carbocycles. The number of furan rings is 1. The summed E-state index contributed by atoms with van der Waals surface area (Å²) in [5.74, 6) is 3.72. The molecule has 0 N–H and O–H groups in total. The van der Waals surface area contributed by atoms with Gasteiger partial charge in [-0.05, 0) is 41.5 Å². The zero-order chi connectivity index (χ0) is 41.0. The molecule has 290 valence electrons. The van der Waals surface area contributed by atoms with Gasteiger partial charge in [0.25, 0.3) is 0 Å². The molecular weight excluding hydrogens is 781 g/mol. The van der Waals surface area contributed by atoms with E-state index in [9.17, 15) is 0 Å². The van der Waals surface area contributed by atoms with E-state index >= 15 is 0 Å². The van der Waals surface area contributed by atoms with Crippen LogP contribution in [0.15, 0.2) is 199 Å². The molecule has 0 amide bonds. The summed E-state index contributed by atoms with van der Waals surface area (Å²) in [6, 6.07) is 65.9. The van der Waals surface area contributed by atoms with E-state index in [0.717, 1.165) is 76.5 Å². The van der Waals surface area contributed by atoms with Gasteiger partial charge in [0.1, 0.15) is 11.2 Å². The Bertz CT molecular complexity index is 3510. The van der Waals surface area contributed by atoms with Crippen LogP contribution in [0.2, 0.25) is 0 Å². The van der Waals surface area contributed by atoms with Gasteiger partial charge in [-0.15, -0.1) is 11.3 Å². The van der Waals surface area contributed by atoms with Crippen LogP contribution in [0.3, 0.4) is 0 Å². The van der Waals surface area contributed by atoms with Crippen LogP contribution in [0.1, 0.15) is 0 Å². The monoisotopic (exact) mass is 812 g/mol. The molecule has 4 aromatic heterocycles. The topological polar surface area (TPSA) is 90.5 Å². The Labute approximate surface area is 359 Å². The quantitative estimate of drug-likeness (QED) is 0.158. The average Bonchev–Trinajstić information content (AvgIpc) is 3.93. The summed E-state index contributed by atoms with van der Waals surface area (Å²) in [6.07, 6.45) is 0. The first kappa shape index (κ1) is 35.7. The van der Waals surface area contributed by atoms with Gasteiger partial charge in [0.2, 0.25) is 0 Å². The van der Waals surface area contributed by atoms with Gasteiger partial charge in [0, 0.05) is 64.3 Å². The molecule has 0 aliphatic heterocycles. The highest BCUT2D eigenvalue weighted by molar-refractivity contribution is 7.26. The standard InChI is InChI=1S/C54H32N6OS/c1-5-16-33(17-6-1)49-55-50(34-18-7-2-8-19-34)58-53(57-49)40-26-14-28-44-46(40)42-32-37(30-31-43(42)61-44)38-24-15-29-45-47(38)39-25-13-27-41(48(39)62-45)54-59-51(35-20-9-3-10-21-35)56-52(60-54)36-22-11-4-12-23-36/h1-32H. The number of hydrogen-bond acceptors (Lipinski definition) is 8. The Kier molecular flexibility index (Phi) is 8.53. The maximum atomic E-state index is 6.54. The highest BCUT2D eigenvalue weighted by Crippen LogP contribution is 2.45. The van der Waals surface area contributed by atoms with Crippen LogP contribution in [0.25, 0.3) is 122 Å². The average molecular weight is 813 g/mol. The van der Waals surface area contributed by atoms with Crippen molar-refractivity contribution in [3.8, 4) is 79.5 Å². The number of benzene rings is 8. The second-order valence-electron chi connectivity index (χ2n) is 15.0. The molecule has 0 atom stereocenters. The van der Waals surface area contributed by atoms with E-state index in [1.165, 1.54) is 10.1 Å². The van der Waals surface area contributed by atoms with Crippen LogP contribution in [-0.4, -0.2) is 29.9 Å². The summed E-state index contributed by atoms with van der Waals surface area (Å²) in [5, 5.41) is 4.27. The SMILES string of the molecule is c1ccc(-c2nc(-c3ccccc3)nc(-c3cccc4c3sc3cccc(-c5ccc6oc7cccc(-c8nc(-c9ccccc9)nc(-c9ccccc9)n8)c7c6c5)c34)n2)cc1. The first-order valence-corrected chi connectivity index (χ1v) is 21.2. The Morgan fingerprint density at radius 2 is 0.774 bits per heavy atom. The van der Waals surface area contributed by atoms with Crippen molar-refractivity contribution in [1.29, 1.82) is 0 Å². The highest BCUT2D eigenvalue weighted by atomic mass is 32.1. The number of hydrogen-bond donors (Lipinski definition) is 0. The molecule has 0 radical (unpaired) electrons. The summed E-state index contributed by atoms with van der Waals surface area (Å²) in [6.45, 7) is 0. The minimum atomic E-state index is 0.582. The van der Waals surface area contributed by atoms with Crippen molar-refractivity contribution in [2.45, 2.75) is 0 Å². The predicted octanol–water partition coefficient (Wildman–Crippen LogP) is 14.0. The second-order valence-corrected chi connectivity index (χ2v) is 16.1. The molecule has 12 aromatic rings. The van der Waals surface area contributed by atoms with Crippen molar-refractivity contribution in [1.82, 2.24) is 29.9 Å². The van der Waals surface area contributed by atoms with E-state index < -0.39 is 0 Å². The van der Waals surface area contributed by atoms with Crippen molar-refractivity contribution in [2.24, 2.45) is 0 Å². The lowest BCUT2D eigenvalue weighted by atomic mass is 9.96. The predicted molar refractivity (Wildman–Crippen MR) is 251 cm³/mol. The lowest BCUT2D eigenvalue weighted by molar-refractivity contribution is 0.669. The molecule has 0 bridgehead atoms. The number of fused-ring (bicyclic) bond motifs is 6. The number of nitrogens with zero attached hydrogens (tertiary/aromatic N) is 6. The maximum Gasteiger partial charge on any atom is 0.165 e. The minimum Gasteiger partial charge on any atom is -0.456 e. The number of thiophene rings is 1. The van der Waals surface area contributed by atoms with Crippen LogP contribution in [-0.2, 0) is 0 Å². The fourth-order valence-electron chi connectivity index (χ4n) is 8.30. The molecule has 8 heteroatoms. The van der Waals surface area contributed by atoms with E-state index in [1.807, 2.05) is 133 Å². The summed E-state index contributed by atoms with van der Waals surface area (Å²) in [7, 11) is 0. The van der Waals surface area contributed by atoms with Crippen LogP contribution < -0.4 is 0 Å². The molecule has 0 spiro atoms. The van der Waals surface area contributed by atoms with Crippen LogP contribution in [0.4, 0.5) is 0 Å². The van der Waals surface area contributed by atoms with Gasteiger partial charge >= 0.3 is 0 Å². The third kappa shape index (κ3) is 6.20. The van der Waals surface area contributed by atoms with Crippen molar-refractivity contribution in [3.05, 3.63) is 194 Å². The molecule has 62 heavy (non-hydrogen) atoms. The number of rotatable bonds is 7. The van der Waals surface area contributed by atoms with Gasteiger partial charge < -0.3 is 4.42 Å². The van der Waals surface area contributed by atoms with E-state index in [0.29, 0.717) is 34.9 Å². The van der Waals surface area contributed by atoms with Gasteiger partial charge in [-0.3, -0.25) is 0 Å². The van der Waals surface area contributed by atoms with Gasteiger partial charge in [-0.25, -0.2) is 29.9 Å². The third-order valence-corrected chi connectivity index (χ3v) is 12.4. The van der Waals surface area contributed by atoms with E-state index in [2.05, 4.69) is 60.7 Å². The van der Waals surface area contributed by atoms with Gasteiger partial charge in [-0.2, -0.15) is 0 Å². The van der Waals surface area contributed by atoms with Crippen molar-refractivity contribution in [2.75, 3.05) is 0 Å². The molecule has 4 heterocycles. The van der Waals surface area contributed by atoms with Crippen LogP contribution in [0.5, 0.6) is 0 Å². The summed E-state index contributed by atoms with van der Waals surface area (Å²) in [4.78, 5) is 30.2.